The Kier molecular flexibility index (Phi) is 6.81. The van der Waals surface area contributed by atoms with Crippen molar-refractivity contribution in [1.82, 2.24) is 9.80 Å². The predicted octanol–water partition coefficient (Wildman–Crippen LogP) is 2.10. The molecule has 1 N–H and O–H groups in total. The maximum absolute atomic E-state index is 12.5. The molecule has 5 nitrogen and oxygen atoms in total. The van der Waals surface area contributed by atoms with Crippen molar-refractivity contribution < 1.29 is 18.4 Å². The van der Waals surface area contributed by atoms with E-state index >= 15 is 0 Å². The molecule has 1 aliphatic rings. The normalized spacial score (nSPS) is 16.8. The topological polar surface area (TPSA) is 52.7 Å². The summed E-state index contributed by atoms with van der Waals surface area (Å²) in [6, 6.07) is 6.88. The van der Waals surface area contributed by atoms with E-state index in [4.69, 9.17) is 0 Å². The second kappa shape index (κ2) is 8.84. The van der Waals surface area contributed by atoms with E-state index in [9.17, 15) is 18.4 Å². The third-order valence-corrected chi connectivity index (χ3v) is 4.03. The number of benzene rings is 1. The molecule has 0 atom stereocenters. The quantitative estimate of drug-likeness (QED) is 0.807. The van der Waals surface area contributed by atoms with E-state index < -0.39 is 6.43 Å². The van der Waals surface area contributed by atoms with Gasteiger partial charge < -0.3 is 5.32 Å². The van der Waals surface area contributed by atoms with Crippen LogP contribution in [-0.2, 0) is 4.79 Å². The summed E-state index contributed by atoms with van der Waals surface area (Å²) in [4.78, 5) is 27.5. The predicted molar refractivity (Wildman–Crippen MR) is 88.6 cm³/mol. The highest BCUT2D eigenvalue weighted by Gasteiger charge is 2.19. The van der Waals surface area contributed by atoms with E-state index in [1.165, 1.54) is 6.92 Å². The summed E-state index contributed by atoms with van der Waals surface area (Å²) in [5.41, 5.74) is 0.981. The van der Waals surface area contributed by atoms with Crippen LogP contribution in [0.3, 0.4) is 0 Å². The molecular formula is C17H23F2N3O2. The lowest BCUT2D eigenvalue weighted by Gasteiger charge is -2.21. The van der Waals surface area contributed by atoms with Crippen molar-refractivity contribution in [2.24, 2.45) is 0 Å². The molecule has 2 rings (SSSR count). The van der Waals surface area contributed by atoms with Gasteiger partial charge in [-0.15, -0.1) is 0 Å². The number of hydrogen-bond donors (Lipinski definition) is 1. The molecule has 24 heavy (non-hydrogen) atoms. The number of para-hydroxylation sites is 1. The Morgan fingerprint density at radius 3 is 2.50 bits per heavy atom. The molecule has 0 saturated carbocycles. The summed E-state index contributed by atoms with van der Waals surface area (Å²) in [5, 5.41) is 2.77. The highest BCUT2D eigenvalue weighted by molar-refractivity contribution is 6.04. The Balaban J connectivity index is 1.88. The number of nitrogens with zero attached hydrogens (tertiary/aromatic N) is 2. The van der Waals surface area contributed by atoms with E-state index in [0.717, 1.165) is 6.42 Å². The molecule has 0 spiro atoms. The molecule has 1 heterocycles. The van der Waals surface area contributed by atoms with Crippen molar-refractivity contribution in [1.29, 1.82) is 0 Å². The highest BCUT2D eigenvalue weighted by Crippen LogP contribution is 2.15. The van der Waals surface area contributed by atoms with E-state index in [1.807, 2.05) is 4.90 Å². The average molecular weight is 339 g/mol. The molecule has 1 aromatic carbocycles. The molecule has 7 heteroatoms. The van der Waals surface area contributed by atoms with Crippen molar-refractivity contribution in [3.8, 4) is 0 Å². The van der Waals surface area contributed by atoms with Crippen LogP contribution in [-0.4, -0.2) is 67.2 Å². The Labute approximate surface area is 140 Å². The number of rotatable bonds is 6. The second-order valence-corrected chi connectivity index (χ2v) is 5.97. The van der Waals surface area contributed by atoms with Crippen LogP contribution in [0.25, 0.3) is 0 Å². The van der Waals surface area contributed by atoms with Crippen LogP contribution < -0.4 is 5.32 Å². The number of carbonyl (C=O) groups is 2. The fourth-order valence-corrected chi connectivity index (χ4v) is 2.85. The molecule has 1 fully saturated rings. The van der Waals surface area contributed by atoms with E-state index in [0.29, 0.717) is 37.4 Å². The number of halogens is 2. The first-order chi connectivity index (χ1) is 11.5. The van der Waals surface area contributed by atoms with Gasteiger partial charge in [0.15, 0.2) is 5.78 Å². The third kappa shape index (κ3) is 5.65. The van der Waals surface area contributed by atoms with Gasteiger partial charge in [0.25, 0.3) is 6.43 Å². The first-order valence-corrected chi connectivity index (χ1v) is 8.08. The molecule has 132 valence electrons. The minimum atomic E-state index is -2.33. The lowest BCUT2D eigenvalue weighted by Crippen LogP contribution is -2.37. The fraction of sp³-hybridized carbons (Fsp3) is 0.529. The highest BCUT2D eigenvalue weighted by atomic mass is 19.3. The third-order valence-electron chi connectivity index (χ3n) is 4.03. The van der Waals surface area contributed by atoms with Crippen LogP contribution >= 0.6 is 0 Å². The van der Waals surface area contributed by atoms with E-state index in [2.05, 4.69) is 5.32 Å². The Morgan fingerprint density at radius 1 is 1.12 bits per heavy atom. The second-order valence-electron chi connectivity index (χ2n) is 5.97. The maximum atomic E-state index is 12.5. The zero-order valence-corrected chi connectivity index (χ0v) is 13.8. The smallest absolute Gasteiger partial charge is 0.251 e. The average Bonchev–Trinajstić information content (AvgIpc) is 2.72. The number of anilines is 1. The van der Waals surface area contributed by atoms with Gasteiger partial charge in [0.2, 0.25) is 5.91 Å². The van der Waals surface area contributed by atoms with Crippen LogP contribution in [0.4, 0.5) is 14.5 Å². The number of carbonyl (C=O) groups excluding carboxylic acids is 2. The lowest BCUT2D eigenvalue weighted by atomic mass is 10.1. The van der Waals surface area contributed by atoms with Gasteiger partial charge in [-0.3, -0.25) is 19.4 Å². The van der Waals surface area contributed by atoms with E-state index in [1.54, 1.807) is 29.2 Å². The van der Waals surface area contributed by atoms with Crippen molar-refractivity contribution in [3.63, 3.8) is 0 Å². The van der Waals surface area contributed by atoms with E-state index in [-0.39, 0.29) is 24.8 Å². The summed E-state index contributed by atoms with van der Waals surface area (Å²) in [5.74, 6) is -0.311. The van der Waals surface area contributed by atoms with Gasteiger partial charge in [-0.2, -0.15) is 0 Å². The van der Waals surface area contributed by atoms with Crippen molar-refractivity contribution in [3.05, 3.63) is 29.8 Å². The van der Waals surface area contributed by atoms with Gasteiger partial charge in [-0.05, 0) is 38.6 Å². The SMILES string of the molecule is CC(=O)c1ccccc1NC(=O)CN1CCCN(CC(F)F)CC1. The monoisotopic (exact) mass is 339 g/mol. The number of alkyl halides is 2. The van der Waals surface area contributed by atoms with Crippen molar-refractivity contribution >= 4 is 17.4 Å². The zero-order chi connectivity index (χ0) is 17.5. The number of amides is 1. The molecule has 0 radical (unpaired) electrons. The van der Waals surface area contributed by atoms with Gasteiger partial charge in [0.05, 0.1) is 18.8 Å². The molecular weight excluding hydrogens is 316 g/mol. The number of ketones is 1. The standard InChI is InChI=1S/C17H23F2N3O2/c1-13(23)14-5-2-3-6-15(14)20-17(24)12-22-8-4-7-21(9-10-22)11-16(18)19/h2-3,5-6,16H,4,7-12H2,1H3,(H,20,24). The molecule has 0 unspecified atom stereocenters. The molecule has 1 amide bonds. The molecule has 1 saturated heterocycles. The fourth-order valence-electron chi connectivity index (χ4n) is 2.85. The molecule has 1 aromatic rings. The Bertz CT molecular complexity index is 581. The zero-order valence-electron chi connectivity index (χ0n) is 13.8. The molecule has 0 aromatic heterocycles. The number of Topliss-reactive ketones (excluding diaryl/α,β-unsaturated/α-hetero) is 1. The summed E-state index contributed by atoms with van der Waals surface area (Å²) >= 11 is 0. The Morgan fingerprint density at radius 2 is 1.79 bits per heavy atom. The Hall–Kier alpha value is -1.86. The summed E-state index contributed by atoms with van der Waals surface area (Å²) in [6.45, 7) is 3.85. The first kappa shape index (κ1) is 18.5. The van der Waals surface area contributed by atoms with Gasteiger partial charge in [0, 0.05) is 18.7 Å². The number of nitrogens with one attached hydrogen (secondary N) is 1. The van der Waals surface area contributed by atoms with Crippen LogP contribution in [0.2, 0.25) is 0 Å². The van der Waals surface area contributed by atoms with Crippen LogP contribution in [0.15, 0.2) is 24.3 Å². The van der Waals surface area contributed by atoms with Gasteiger partial charge >= 0.3 is 0 Å². The van der Waals surface area contributed by atoms with Crippen LogP contribution in [0.5, 0.6) is 0 Å². The van der Waals surface area contributed by atoms with Gasteiger partial charge in [-0.1, -0.05) is 12.1 Å². The summed E-state index contributed by atoms with van der Waals surface area (Å²) < 4.78 is 24.9. The minimum absolute atomic E-state index is 0.108. The molecule has 0 bridgehead atoms. The minimum Gasteiger partial charge on any atom is -0.324 e. The van der Waals surface area contributed by atoms with Gasteiger partial charge in [-0.25, -0.2) is 8.78 Å². The van der Waals surface area contributed by atoms with Crippen LogP contribution in [0.1, 0.15) is 23.7 Å². The maximum Gasteiger partial charge on any atom is 0.251 e. The molecule has 1 aliphatic heterocycles. The van der Waals surface area contributed by atoms with Crippen molar-refractivity contribution in [2.45, 2.75) is 19.8 Å². The lowest BCUT2D eigenvalue weighted by molar-refractivity contribution is -0.117. The molecule has 0 aliphatic carbocycles. The largest absolute Gasteiger partial charge is 0.324 e. The summed E-state index contributed by atoms with van der Waals surface area (Å²) in [7, 11) is 0. The summed E-state index contributed by atoms with van der Waals surface area (Å²) in [6.07, 6.45) is -1.58. The van der Waals surface area contributed by atoms with Crippen LogP contribution in [0, 0.1) is 0 Å². The number of hydrogen-bond acceptors (Lipinski definition) is 4. The van der Waals surface area contributed by atoms with Crippen molar-refractivity contribution in [2.75, 3.05) is 44.6 Å². The first-order valence-electron chi connectivity index (χ1n) is 8.08. The van der Waals surface area contributed by atoms with Gasteiger partial charge in [0.1, 0.15) is 0 Å².